The molecule has 0 unspecified atom stereocenters. The topological polar surface area (TPSA) is 48.9 Å². The number of unbranched alkanes of at least 4 members (excludes halogenated alkanes) is 4. The molecule has 17 heavy (non-hydrogen) atoms. The van der Waals surface area contributed by atoms with Gasteiger partial charge in [-0.05, 0) is 12.8 Å². The molecule has 0 radical (unpaired) electrons. The van der Waals surface area contributed by atoms with Crippen molar-refractivity contribution < 1.29 is 14.5 Å². The molecule has 0 aromatic carbocycles. The average Bonchev–Trinajstić information content (AvgIpc) is 2.63. The highest BCUT2D eigenvalue weighted by molar-refractivity contribution is 5.63. The van der Waals surface area contributed by atoms with Crippen LogP contribution in [0.5, 0.6) is 0 Å². The highest BCUT2D eigenvalue weighted by Gasteiger charge is 1.88. The molecule has 0 N–H and O–H groups in total. The number of carboxylic acids is 1. The largest absolute Gasteiger partial charge is 0.550 e. The van der Waals surface area contributed by atoms with Crippen molar-refractivity contribution in [2.75, 3.05) is 0 Å². The smallest absolute Gasteiger partial charge is 0.243 e. The van der Waals surface area contributed by atoms with Gasteiger partial charge in [-0.1, -0.05) is 32.6 Å². The zero-order valence-corrected chi connectivity index (χ0v) is 11.2. The lowest BCUT2D eigenvalue weighted by atomic mass is 10.1. The number of hydrogen-bond acceptors (Lipinski definition) is 2. The molecule has 1 aromatic heterocycles. The third-order valence-corrected chi connectivity index (χ3v) is 2.39. The van der Waals surface area contributed by atoms with Crippen LogP contribution in [0.3, 0.4) is 0 Å². The van der Waals surface area contributed by atoms with Crippen LogP contribution in [0.4, 0.5) is 0 Å². The summed E-state index contributed by atoms with van der Waals surface area (Å²) in [5.41, 5.74) is 0. The first kappa shape index (κ1) is 15.7. The third kappa shape index (κ3) is 11.0. The summed E-state index contributed by atoms with van der Waals surface area (Å²) in [6.45, 7) is 2.14. The van der Waals surface area contributed by atoms with Crippen LogP contribution in [0.15, 0.2) is 18.7 Å². The van der Waals surface area contributed by atoms with E-state index in [1.807, 2.05) is 42.0 Å². The van der Waals surface area contributed by atoms with E-state index < -0.39 is 5.97 Å². The summed E-state index contributed by atoms with van der Waals surface area (Å²) in [6.07, 6.45) is 11.6. The number of aliphatic carboxylic acids is 1. The highest BCUT2D eigenvalue weighted by Crippen LogP contribution is 2.03. The van der Waals surface area contributed by atoms with Crippen molar-refractivity contribution in [3.8, 4) is 0 Å². The predicted molar refractivity (Wildman–Crippen MR) is 65.0 cm³/mol. The van der Waals surface area contributed by atoms with Crippen LogP contribution in [-0.2, 0) is 18.9 Å². The van der Waals surface area contributed by atoms with Crippen molar-refractivity contribution >= 4 is 5.97 Å². The quantitative estimate of drug-likeness (QED) is 0.549. The molecule has 0 fully saturated rings. The average molecular weight is 240 g/mol. The molecule has 0 saturated heterocycles. The molecular weight excluding hydrogens is 216 g/mol. The highest BCUT2D eigenvalue weighted by atomic mass is 16.4. The minimum absolute atomic E-state index is 0.226. The summed E-state index contributed by atoms with van der Waals surface area (Å²) in [6, 6.07) is 0. The van der Waals surface area contributed by atoms with Gasteiger partial charge < -0.3 is 9.90 Å². The molecular formula is C13H24N2O2. The van der Waals surface area contributed by atoms with Crippen LogP contribution in [-0.4, -0.2) is 10.5 Å². The van der Waals surface area contributed by atoms with Gasteiger partial charge in [0.1, 0.15) is 12.4 Å². The van der Waals surface area contributed by atoms with Gasteiger partial charge in [0.05, 0.1) is 14.1 Å². The maximum Gasteiger partial charge on any atom is 0.243 e. The van der Waals surface area contributed by atoms with E-state index >= 15 is 0 Å². The van der Waals surface area contributed by atoms with E-state index in [9.17, 15) is 9.90 Å². The number of imidazole rings is 1. The Bertz CT molecular complexity index is 292. The minimum atomic E-state index is -0.920. The van der Waals surface area contributed by atoms with Crippen molar-refractivity contribution in [3.63, 3.8) is 0 Å². The Morgan fingerprint density at radius 3 is 2.29 bits per heavy atom. The van der Waals surface area contributed by atoms with Crippen LogP contribution in [0.1, 0.15) is 45.4 Å². The lowest BCUT2D eigenvalue weighted by molar-refractivity contribution is -0.670. The van der Waals surface area contributed by atoms with E-state index in [-0.39, 0.29) is 6.42 Å². The van der Waals surface area contributed by atoms with Gasteiger partial charge in [-0.3, -0.25) is 0 Å². The molecule has 1 rings (SSSR count). The Morgan fingerprint density at radius 1 is 1.29 bits per heavy atom. The van der Waals surface area contributed by atoms with Crippen LogP contribution in [0.2, 0.25) is 0 Å². The van der Waals surface area contributed by atoms with Crippen LogP contribution in [0, 0.1) is 0 Å². The molecule has 1 aromatic rings. The van der Waals surface area contributed by atoms with E-state index in [1.165, 1.54) is 12.8 Å². The fourth-order valence-corrected chi connectivity index (χ4v) is 1.45. The molecule has 4 nitrogen and oxygen atoms in total. The van der Waals surface area contributed by atoms with Crippen LogP contribution in [0.25, 0.3) is 0 Å². The number of carbonyl (C=O) groups is 1. The third-order valence-electron chi connectivity index (χ3n) is 2.39. The molecule has 4 heteroatoms. The molecule has 0 spiro atoms. The Kier molecular flexibility index (Phi) is 9.11. The van der Waals surface area contributed by atoms with E-state index in [0.717, 1.165) is 19.3 Å². The fraction of sp³-hybridized carbons (Fsp3) is 0.692. The number of aryl methyl sites for hydroxylation is 2. The monoisotopic (exact) mass is 240 g/mol. The predicted octanol–water partition coefficient (Wildman–Crippen LogP) is 0.946. The summed E-state index contributed by atoms with van der Waals surface area (Å²) in [4.78, 5) is 9.92. The Morgan fingerprint density at radius 2 is 1.94 bits per heavy atom. The van der Waals surface area contributed by atoms with Gasteiger partial charge in [0.2, 0.25) is 6.33 Å². The summed E-state index contributed by atoms with van der Waals surface area (Å²) in [5.74, 6) is -0.920. The first-order valence-corrected chi connectivity index (χ1v) is 6.23. The van der Waals surface area contributed by atoms with Gasteiger partial charge in [0, 0.05) is 5.97 Å². The number of hydrogen-bond donors (Lipinski definition) is 0. The molecule has 0 aliphatic carbocycles. The molecule has 0 atom stereocenters. The summed E-state index contributed by atoms with van der Waals surface area (Å²) >= 11 is 0. The van der Waals surface area contributed by atoms with Crippen molar-refractivity contribution in [2.24, 2.45) is 14.1 Å². The second-order valence-electron chi connectivity index (χ2n) is 4.28. The molecule has 0 bridgehead atoms. The zero-order valence-electron chi connectivity index (χ0n) is 11.2. The standard InChI is InChI=1S/C8H16O2.C5H9N2/c1-2-3-4-5-6-7-8(9)10;1-6-3-4-7(2)5-6/h2-7H2,1H3,(H,9,10);3-5H,1-2H3/q;+1/p-1. The first-order chi connectivity index (χ1) is 8.06. The van der Waals surface area contributed by atoms with Crippen LogP contribution < -0.4 is 9.67 Å². The first-order valence-electron chi connectivity index (χ1n) is 6.23. The molecule has 0 amide bonds. The lowest BCUT2D eigenvalue weighted by Gasteiger charge is -2.00. The summed E-state index contributed by atoms with van der Waals surface area (Å²) in [5, 5.41) is 9.92. The van der Waals surface area contributed by atoms with Gasteiger partial charge in [-0.15, -0.1) is 0 Å². The zero-order chi connectivity index (χ0) is 13.1. The molecule has 98 valence electrons. The van der Waals surface area contributed by atoms with E-state index in [0.29, 0.717) is 0 Å². The van der Waals surface area contributed by atoms with Crippen molar-refractivity contribution in [1.82, 2.24) is 4.57 Å². The normalized spacial score (nSPS) is 9.59. The summed E-state index contributed by atoms with van der Waals surface area (Å²) in [7, 11) is 4.00. The number of carboxylic acid groups (broad SMARTS) is 1. The van der Waals surface area contributed by atoms with Gasteiger partial charge >= 0.3 is 0 Å². The number of nitrogens with zero attached hydrogens (tertiary/aromatic N) is 2. The fourth-order valence-electron chi connectivity index (χ4n) is 1.45. The number of carbonyl (C=O) groups excluding carboxylic acids is 1. The Labute approximate surface area is 104 Å². The van der Waals surface area contributed by atoms with E-state index in [1.54, 1.807) is 0 Å². The molecule has 0 aliphatic rings. The second-order valence-corrected chi connectivity index (χ2v) is 4.28. The number of aromatic nitrogens is 2. The Balaban J connectivity index is 0.000000318. The molecule has 0 aliphatic heterocycles. The van der Waals surface area contributed by atoms with Gasteiger partial charge in [-0.25, -0.2) is 9.13 Å². The van der Waals surface area contributed by atoms with Crippen molar-refractivity contribution in [3.05, 3.63) is 18.7 Å². The van der Waals surface area contributed by atoms with Crippen molar-refractivity contribution in [2.45, 2.75) is 45.4 Å². The van der Waals surface area contributed by atoms with Gasteiger partial charge in [0.25, 0.3) is 0 Å². The SMILES string of the molecule is CCCCCCCC(=O)[O-].Cn1cc[n+](C)c1. The molecule has 1 heterocycles. The van der Waals surface area contributed by atoms with Crippen molar-refractivity contribution in [1.29, 1.82) is 0 Å². The maximum atomic E-state index is 9.92. The maximum absolute atomic E-state index is 9.92. The second kappa shape index (κ2) is 9.87. The lowest BCUT2D eigenvalue weighted by Crippen LogP contribution is -2.23. The van der Waals surface area contributed by atoms with E-state index in [2.05, 4.69) is 6.92 Å². The van der Waals surface area contributed by atoms with Crippen LogP contribution >= 0.6 is 0 Å². The number of rotatable bonds is 6. The summed E-state index contributed by atoms with van der Waals surface area (Å²) < 4.78 is 4.00. The minimum Gasteiger partial charge on any atom is -0.550 e. The van der Waals surface area contributed by atoms with Gasteiger partial charge in [-0.2, -0.15) is 0 Å². The molecule has 0 saturated carbocycles. The van der Waals surface area contributed by atoms with Gasteiger partial charge in [0.15, 0.2) is 0 Å². The van der Waals surface area contributed by atoms with E-state index in [4.69, 9.17) is 0 Å². The Hall–Kier alpha value is -1.32.